The maximum Gasteiger partial charge on any atom is 0.310 e. The maximum atomic E-state index is 13.0. The van der Waals surface area contributed by atoms with E-state index in [1.807, 2.05) is 0 Å². The highest BCUT2D eigenvalue weighted by molar-refractivity contribution is 6.31. The van der Waals surface area contributed by atoms with Crippen molar-refractivity contribution in [2.45, 2.75) is 18.9 Å². The molecule has 0 radical (unpaired) electrons. The van der Waals surface area contributed by atoms with Gasteiger partial charge in [-0.2, -0.15) is 0 Å². The number of benzene rings is 2. The van der Waals surface area contributed by atoms with Crippen LogP contribution in [0.15, 0.2) is 42.5 Å². The zero-order valence-corrected chi connectivity index (χ0v) is 17.5. The van der Waals surface area contributed by atoms with Crippen LogP contribution in [0.1, 0.15) is 23.2 Å². The summed E-state index contributed by atoms with van der Waals surface area (Å²) in [5, 5.41) is 6.14. The number of nitrogens with one attached hydrogen (secondary N) is 2. The number of carbonyl (C=O) groups is 3. The average Bonchev–Trinajstić information content (AvgIpc) is 3.37. The van der Waals surface area contributed by atoms with Crippen molar-refractivity contribution in [3.63, 3.8) is 0 Å². The van der Waals surface area contributed by atoms with Gasteiger partial charge in [0.25, 0.3) is 5.91 Å². The Labute approximate surface area is 184 Å². The first-order valence-electron chi connectivity index (χ1n) is 10.2. The number of amides is 2. The third-order valence-electron chi connectivity index (χ3n) is 6.59. The fraction of sp³-hybridized carbons (Fsp3) is 0.348. The molecule has 3 aliphatic rings. The highest BCUT2D eigenvalue weighted by atomic mass is 35.5. The second-order valence-electron chi connectivity index (χ2n) is 8.29. The second kappa shape index (κ2) is 7.57. The zero-order valence-electron chi connectivity index (χ0n) is 16.8. The summed E-state index contributed by atoms with van der Waals surface area (Å²) >= 11 is 6.02. The summed E-state index contributed by atoms with van der Waals surface area (Å²) in [6, 6.07) is 11.6. The number of hydrogen-bond donors (Lipinski definition) is 2. The van der Waals surface area contributed by atoms with Crippen molar-refractivity contribution in [1.82, 2.24) is 0 Å². The molecule has 0 spiro atoms. The average molecular weight is 441 g/mol. The molecule has 3 fully saturated rings. The number of fused-ring (bicyclic) bond motifs is 1. The van der Waals surface area contributed by atoms with Crippen LogP contribution in [0.25, 0.3) is 0 Å². The second-order valence-corrected chi connectivity index (χ2v) is 8.73. The first-order valence-corrected chi connectivity index (χ1v) is 10.6. The van der Waals surface area contributed by atoms with Crippen LogP contribution in [0.2, 0.25) is 5.02 Å². The van der Waals surface area contributed by atoms with E-state index in [0.717, 1.165) is 12.8 Å². The Hall–Kier alpha value is -3.06. The van der Waals surface area contributed by atoms with Gasteiger partial charge in [0, 0.05) is 22.2 Å². The Kier molecular flexibility index (Phi) is 4.85. The van der Waals surface area contributed by atoms with Gasteiger partial charge >= 0.3 is 5.97 Å². The molecule has 1 heterocycles. The number of hydrogen-bond acceptors (Lipinski definition) is 5. The molecule has 5 atom stereocenters. The molecule has 1 aliphatic heterocycles. The van der Waals surface area contributed by atoms with E-state index >= 15 is 0 Å². The molecule has 2 bridgehead atoms. The number of halogens is 1. The Morgan fingerprint density at radius 3 is 2.77 bits per heavy atom. The van der Waals surface area contributed by atoms with E-state index in [1.165, 1.54) is 7.11 Å². The lowest BCUT2D eigenvalue weighted by Gasteiger charge is -2.23. The van der Waals surface area contributed by atoms with E-state index in [-0.39, 0.29) is 47.6 Å². The fourth-order valence-electron chi connectivity index (χ4n) is 5.30. The largest absolute Gasteiger partial charge is 0.495 e. The Morgan fingerprint density at radius 2 is 1.97 bits per heavy atom. The lowest BCUT2D eigenvalue weighted by molar-refractivity contribution is -0.145. The molecule has 2 aromatic carbocycles. The van der Waals surface area contributed by atoms with Gasteiger partial charge in [0.1, 0.15) is 11.9 Å². The highest BCUT2D eigenvalue weighted by Gasteiger charge is 2.63. The summed E-state index contributed by atoms with van der Waals surface area (Å²) in [6.45, 7) is 0. The Morgan fingerprint density at radius 1 is 1.13 bits per heavy atom. The molecule has 160 valence electrons. The third-order valence-corrected chi connectivity index (χ3v) is 6.82. The molecule has 5 rings (SSSR count). The highest BCUT2D eigenvalue weighted by Crippen LogP contribution is 2.57. The summed E-state index contributed by atoms with van der Waals surface area (Å²) in [6.07, 6.45) is 1.61. The summed E-state index contributed by atoms with van der Waals surface area (Å²) in [5.41, 5.74) is 1.32. The summed E-state index contributed by atoms with van der Waals surface area (Å²) in [7, 11) is 1.51. The number of anilines is 2. The van der Waals surface area contributed by atoms with E-state index in [0.29, 0.717) is 27.7 Å². The van der Waals surface area contributed by atoms with Gasteiger partial charge in [-0.3, -0.25) is 14.4 Å². The van der Waals surface area contributed by atoms with E-state index in [1.54, 1.807) is 42.5 Å². The van der Waals surface area contributed by atoms with Crippen molar-refractivity contribution in [2.24, 2.45) is 23.7 Å². The van der Waals surface area contributed by atoms with E-state index in [9.17, 15) is 14.4 Å². The Balaban J connectivity index is 1.31. The lowest BCUT2D eigenvalue weighted by atomic mass is 9.79. The summed E-state index contributed by atoms with van der Waals surface area (Å²) < 4.78 is 10.7. The quantitative estimate of drug-likeness (QED) is 0.691. The Bertz CT molecular complexity index is 1090. The van der Waals surface area contributed by atoms with Crippen LogP contribution < -0.4 is 15.4 Å². The van der Waals surface area contributed by atoms with Gasteiger partial charge in [-0.25, -0.2) is 0 Å². The predicted molar refractivity (Wildman–Crippen MR) is 114 cm³/mol. The van der Waals surface area contributed by atoms with Crippen molar-refractivity contribution in [3.8, 4) is 5.75 Å². The minimum absolute atomic E-state index is 0.0120. The van der Waals surface area contributed by atoms with Crippen molar-refractivity contribution in [3.05, 3.63) is 53.1 Å². The number of esters is 1. The molecule has 31 heavy (non-hydrogen) atoms. The molecule has 0 aromatic heterocycles. The van der Waals surface area contributed by atoms with Gasteiger partial charge in [0.15, 0.2) is 0 Å². The van der Waals surface area contributed by atoms with Gasteiger partial charge < -0.3 is 20.1 Å². The van der Waals surface area contributed by atoms with Gasteiger partial charge in [0.2, 0.25) is 5.91 Å². The van der Waals surface area contributed by atoms with Crippen molar-refractivity contribution >= 4 is 40.8 Å². The lowest BCUT2D eigenvalue weighted by Crippen LogP contribution is -2.35. The normalized spacial score (nSPS) is 27.7. The molecule has 2 amide bonds. The smallest absolute Gasteiger partial charge is 0.310 e. The van der Waals surface area contributed by atoms with E-state index in [2.05, 4.69) is 10.6 Å². The molecule has 2 aromatic rings. The van der Waals surface area contributed by atoms with Crippen LogP contribution in [0.3, 0.4) is 0 Å². The van der Waals surface area contributed by atoms with Crippen molar-refractivity contribution in [1.29, 1.82) is 0 Å². The van der Waals surface area contributed by atoms with E-state index in [4.69, 9.17) is 21.1 Å². The molecule has 2 aliphatic carbocycles. The summed E-state index contributed by atoms with van der Waals surface area (Å²) in [5.74, 6) is -0.692. The first-order chi connectivity index (χ1) is 14.9. The minimum atomic E-state index is -0.371. The molecule has 8 heteroatoms. The van der Waals surface area contributed by atoms with Gasteiger partial charge in [-0.1, -0.05) is 17.7 Å². The van der Waals surface area contributed by atoms with Crippen LogP contribution in [0.4, 0.5) is 11.4 Å². The van der Waals surface area contributed by atoms with Gasteiger partial charge in [-0.15, -0.1) is 0 Å². The SMILES string of the molecule is COc1ccc(Cl)cc1NC(=O)c1cccc(NC(=O)[C@@H]2[C@@H]3C[C@@H]4[C@@H]2C(=O)O[C@H]4C3)c1. The predicted octanol–water partition coefficient (Wildman–Crippen LogP) is 3.74. The maximum absolute atomic E-state index is 13.0. The van der Waals surface area contributed by atoms with Crippen LogP contribution in [-0.2, 0) is 14.3 Å². The molecular formula is C23H21ClN2O5. The third kappa shape index (κ3) is 3.43. The number of rotatable bonds is 5. The van der Waals surface area contributed by atoms with E-state index < -0.39 is 0 Å². The molecular weight excluding hydrogens is 420 g/mol. The number of methoxy groups -OCH3 is 1. The zero-order chi connectivity index (χ0) is 21.7. The molecule has 1 saturated heterocycles. The minimum Gasteiger partial charge on any atom is -0.495 e. The van der Waals surface area contributed by atoms with Crippen molar-refractivity contribution in [2.75, 3.05) is 17.7 Å². The van der Waals surface area contributed by atoms with Crippen LogP contribution >= 0.6 is 11.6 Å². The molecule has 2 N–H and O–H groups in total. The molecule has 2 saturated carbocycles. The topological polar surface area (TPSA) is 93.7 Å². The van der Waals surface area contributed by atoms with Crippen LogP contribution in [0.5, 0.6) is 5.75 Å². The number of ether oxygens (including phenoxy) is 2. The number of carbonyl (C=O) groups excluding carboxylic acids is 3. The first kappa shape index (κ1) is 19.9. The van der Waals surface area contributed by atoms with Crippen LogP contribution in [-0.4, -0.2) is 31.0 Å². The van der Waals surface area contributed by atoms with Gasteiger partial charge in [-0.05, 0) is 55.2 Å². The van der Waals surface area contributed by atoms with Gasteiger partial charge in [0.05, 0.1) is 24.6 Å². The monoisotopic (exact) mass is 440 g/mol. The standard InChI is InChI=1S/C23H21ClN2O5/c1-30-17-6-5-13(24)10-16(17)26-21(27)11-3-2-4-14(7-11)25-22(28)19-12-8-15-18(9-12)31-23(29)20(15)19/h2-7,10,12,15,18-20H,8-9H2,1H3,(H,25,28)(H,26,27)/t12-,15+,18+,19-,20+/m1/s1. The molecule has 0 unspecified atom stereocenters. The molecule has 7 nitrogen and oxygen atoms in total. The fourth-order valence-corrected chi connectivity index (χ4v) is 5.47. The van der Waals surface area contributed by atoms with Crippen LogP contribution in [0, 0.1) is 23.7 Å². The summed E-state index contributed by atoms with van der Waals surface area (Å²) in [4.78, 5) is 37.9. The van der Waals surface area contributed by atoms with Crippen molar-refractivity contribution < 1.29 is 23.9 Å².